The Labute approximate surface area is 97.5 Å². The number of nitrogens with one attached hydrogen (secondary N) is 1. The van der Waals surface area contributed by atoms with Crippen LogP contribution in [0.5, 0.6) is 0 Å². The first kappa shape index (κ1) is 13.1. The maximum Gasteiger partial charge on any atom is 0.123 e. The largest absolute Gasteiger partial charge is 0.313 e. The molecule has 0 amide bonds. The van der Waals surface area contributed by atoms with Gasteiger partial charge in [0.05, 0.1) is 0 Å². The summed E-state index contributed by atoms with van der Waals surface area (Å²) in [6.07, 6.45) is 0.980. The second kappa shape index (κ2) is 5.97. The summed E-state index contributed by atoms with van der Waals surface area (Å²) in [6, 6.07) is 5.20. The lowest BCUT2D eigenvalue weighted by Gasteiger charge is -2.21. The molecule has 1 unspecified atom stereocenters. The minimum atomic E-state index is -0.161. The zero-order chi connectivity index (χ0) is 12.1. The molecule has 3 heteroatoms. The van der Waals surface area contributed by atoms with E-state index in [1.54, 1.807) is 6.07 Å². The van der Waals surface area contributed by atoms with Gasteiger partial charge in [-0.3, -0.25) is 0 Å². The highest BCUT2D eigenvalue weighted by atomic mass is 19.1. The van der Waals surface area contributed by atoms with E-state index in [-0.39, 0.29) is 11.9 Å². The van der Waals surface area contributed by atoms with Crippen LogP contribution >= 0.6 is 0 Å². The van der Waals surface area contributed by atoms with Gasteiger partial charge in [-0.1, -0.05) is 6.07 Å². The minimum Gasteiger partial charge on any atom is -0.313 e. The summed E-state index contributed by atoms with van der Waals surface area (Å²) in [5.41, 5.74) is 2.20. The average Bonchev–Trinajstić information content (AvgIpc) is 2.23. The van der Waals surface area contributed by atoms with E-state index in [1.165, 1.54) is 6.07 Å². The Hall–Kier alpha value is -0.930. The lowest BCUT2D eigenvalue weighted by atomic mass is 9.98. The Morgan fingerprint density at radius 2 is 2.06 bits per heavy atom. The van der Waals surface area contributed by atoms with E-state index in [9.17, 15) is 4.39 Å². The molecular formula is C13H21FN2. The molecule has 1 aromatic carbocycles. The molecule has 1 rings (SSSR count). The van der Waals surface area contributed by atoms with Crippen LogP contribution in [0.25, 0.3) is 0 Å². The minimum absolute atomic E-state index is 0.161. The predicted molar refractivity (Wildman–Crippen MR) is 66.1 cm³/mol. The zero-order valence-electron chi connectivity index (χ0n) is 10.5. The summed E-state index contributed by atoms with van der Waals surface area (Å²) in [5, 5.41) is 3.25. The van der Waals surface area contributed by atoms with Crippen molar-refractivity contribution in [3.8, 4) is 0 Å². The van der Waals surface area contributed by atoms with E-state index in [1.807, 2.05) is 34.1 Å². The van der Waals surface area contributed by atoms with Gasteiger partial charge in [0.1, 0.15) is 5.82 Å². The van der Waals surface area contributed by atoms with Crippen molar-refractivity contribution in [1.82, 2.24) is 10.2 Å². The molecule has 90 valence electrons. The van der Waals surface area contributed by atoms with Crippen molar-refractivity contribution in [3.05, 3.63) is 35.1 Å². The van der Waals surface area contributed by atoms with Gasteiger partial charge >= 0.3 is 0 Å². The van der Waals surface area contributed by atoms with Gasteiger partial charge in [-0.15, -0.1) is 0 Å². The van der Waals surface area contributed by atoms with Crippen molar-refractivity contribution in [2.24, 2.45) is 0 Å². The van der Waals surface area contributed by atoms with Gasteiger partial charge < -0.3 is 10.2 Å². The summed E-state index contributed by atoms with van der Waals surface area (Å²) in [4.78, 5) is 2.14. The van der Waals surface area contributed by atoms with Crippen LogP contribution in [0.4, 0.5) is 4.39 Å². The number of aryl methyl sites for hydroxylation is 1. The third-order valence-electron chi connectivity index (χ3n) is 2.83. The van der Waals surface area contributed by atoms with Crippen molar-refractivity contribution in [1.29, 1.82) is 0 Å². The summed E-state index contributed by atoms with van der Waals surface area (Å²) < 4.78 is 13.2. The smallest absolute Gasteiger partial charge is 0.123 e. The maximum atomic E-state index is 13.2. The molecular weight excluding hydrogens is 203 g/mol. The van der Waals surface area contributed by atoms with Crippen LogP contribution in [0.2, 0.25) is 0 Å². The van der Waals surface area contributed by atoms with E-state index in [4.69, 9.17) is 0 Å². The number of nitrogens with zero attached hydrogens (tertiary/aromatic N) is 1. The van der Waals surface area contributed by atoms with E-state index in [0.717, 1.165) is 24.1 Å². The van der Waals surface area contributed by atoms with Crippen LogP contribution < -0.4 is 5.32 Å². The molecule has 16 heavy (non-hydrogen) atoms. The first-order chi connectivity index (χ1) is 7.54. The van der Waals surface area contributed by atoms with Gasteiger partial charge in [0.2, 0.25) is 0 Å². The molecule has 0 aliphatic rings. The summed E-state index contributed by atoms with van der Waals surface area (Å²) >= 11 is 0. The van der Waals surface area contributed by atoms with Crippen molar-refractivity contribution in [3.63, 3.8) is 0 Å². The quantitative estimate of drug-likeness (QED) is 0.826. The van der Waals surface area contributed by atoms with Crippen LogP contribution in [-0.2, 0) is 0 Å². The number of hydrogen-bond donors (Lipinski definition) is 1. The molecule has 0 saturated heterocycles. The average molecular weight is 224 g/mol. The fourth-order valence-electron chi connectivity index (χ4n) is 1.83. The molecule has 0 aliphatic carbocycles. The van der Waals surface area contributed by atoms with Crippen LogP contribution in [0, 0.1) is 12.7 Å². The van der Waals surface area contributed by atoms with Gasteiger partial charge in [0, 0.05) is 6.04 Å². The van der Waals surface area contributed by atoms with E-state index in [0.29, 0.717) is 0 Å². The van der Waals surface area contributed by atoms with Gasteiger partial charge in [-0.05, 0) is 64.3 Å². The lowest BCUT2D eigenvalue weighted by Crippen LogP contribution is -2.23. The van der Waals surface area contributed by atoms with E-state index >= 15 is 0 Å². The molecule has 0 aliphatic heterocycles. The Morgan fingerprint density at radius 1 is 1.38 bits per heavy atom. The first-order valence-electron chi connectivity index (χ1n) is 5.62. The summed E-state index contributed by atoms with van der Waals surface area (Å²) in [7, 11) is 6.01. The van der Waals surface area contributed by atoms with Crippen molar-refractivity contribution < 1.29 is 4.39 Å². The molecule has 1 aromatic rings. The Balaban J connectivity index is 2.81. The van der Waals surface area contributed by atoms with Gasteiger partial charge in [0.15, 0.2) is 0 Å². The number of halogens is 1. The molecule has 0 spiro atoms. The molecule has 0 fully saturated rings. The normalized spacial score (nSPS) is 13.1. The Bertz CT molecular complexity index is 337. The third-order valence-corrected chi connectivity index (χ3v) is 2.83. The fourth-order valence-corrected chi connectivity index (χ4v) is 1.83. The van der Waals surface area contributed by atoms with Crippen LogP contribution in [-0.4, -0.2) is 32.6 Å². The first-order valence-corrected chi connectivity index (χ1v) is 5.62. The molecule has 0 saturated carbocycles. The van der Waals surface area contributed by atoms with Crippen molar-refractivity contribution in [2.75, 3.05) is 27.7 Å². The van der Waals surface area contributed by atoms with Crippen LogP contribution in [0.15, 0.2) is 18.2 Å². The van der Waals surface area contributed by atoms with Crippen molar-refractivity contribution in [2.45, 2.75) is 19.4 Å². The third kappa shape index (κ3) is 3.58. The Morgan fingerprint density at radius 3 is 2.62 bits per heavy atom. The van der Waals surface area contributed by atoms with Gasteiger partial charge in [-0.25, -0.2) is 4.39 Å². The van der Waals surface area contributed by atoms with E-state index < -0.39 is 0 Å². The molecule has 0 bridgehead atoms. The maximum absolute atomic E-state index is 13.2. The molecule has 1 N–H and O–H groups in total. The van der Waals surface area contributed by atoms with Gasteiger partial charge in [0.25, 0.3) is 0 Å². The SMILES string of the molecule is CNC(CCN(C)C)c1cc(F)ccc1C. The number of hydrogen-bond acceptors (Lipinski definition) is 2. The van der Waals surface area contributed by atoms with Crippen LogP contribution in [0.3, 0.4) is 0 Å². The highest BCUT2D eigenvalue weighted by Gasteiger charge is 2.12. The number of rotatable bonds is 5. The second-order valence-corrected chi connectivity index (χ2v) is 4.43. The fraction of sp³-hybridized carbons (Fsp3) is 0.538. The number of benzene rings is 1. The molecule has 0 aromatic heterocycles. The lowest BCUT2D eigenvalue weighted by molar-refractivity contribution is 0.367. The summed E-state index contributed by atoms with van der Waals surface area (Å²) in [5.74, 6) is -0.161. The standard InChI is InChI=1S/C13H21FN2/c1-10-5-6-11(14)9-12(10)13(15-2)7-8-16(3)4/h5-6,9,13,15H,7-8H2,1-4H3. The monoisotopic (exact) mass is 224 g/mol. The second-order valence-electron chi connectivity index (χ2n) is 4.43. The highest BCUT2D eigenvalue weighted by molar-refractivity contribution is 5.29. The molecule has 0 heterocycles. The highest BCUT2D eigenvalue weighted by Crippen LogP contribution is 2.21. The Kier molecular flexibility index (Phi) is 4.90. The summed E-state index contributed by atoms with van der Waals surface area (Å²) in [6.45, 7) is 3.01. The van der Waals surface area contributed by atoms with Crippen LogP contribution in [0.1, 0.15) is 23.6 Å². The topological polar surface area (TPSA) is 15.3 Å². The predicted octanol–water partition coefficient (Wildman–Crippen LogP) is 2.35. The molecule has 1 atom stereocenters. The van der Waals surface area contributed by atoms with E-state index in [2.05, 4.69) is 10.2 Å². The zero-order valence-corrected chi connectivity index (χ0v) is 10.5. The van der Waals surface area contributed by atoms with Crippen molar-refractivity contribution >= 4 is 0 Å². The molecule has 2 nitrogen and oxygen atoms in total. The van der Waals surface area contributed by atoms with Gasteiger partial charge in [-0.2, -0.15) is 0 Å². The molecule has 0 radical (unpaired) electrons.